The lowest BCUT2D eigenvalue weighted by atomic mass is 10.5. The van der Waals surface area contributed by atoms with E-state index < -0.39 is 19.9 Å². The lowest BCUT2D eigenvalue weighted by Crippen LogP contribution is -2.26. The molecule has 0 aromatic carbocycles. The van der Waals surface area contributed by atoms with Crippen LogP contribution in [0.3, 0.4) is 0 Å². The van der Waals surface area contributed by atoms with E-state index in [1.807, 2.05) is 6.92 Å². The molecule has 1 aromatic rings. The number of nitrogens with one attached hydrogen (secondary N) is 2. The first kappa shape index (κ1) is 17.8. The van der Waals surface area contributed by atoms with Gasteiger partial charge in [-0.3, -0.25) is 0 Å². The molecular formula is C11H20N4O4S2. The highest BCUT2D eigenvalue weighted by Gasteiger charge is 2.15. The molecule has 21 heavy (non-hydrogen) atoms. The van der Waals surface area contributed by atoms with E-state index in [0.29, 0.717) is 12.5 Å². The zero-order valence-electron chi connectivity index (χ0n) is 12.0. The molecule has 0 unspecified atom stereocenters. The quantitative estimate of drug-likeness (QED) is 0.610. The van der Waals surface area contributed by atoms with Crippen LogP contribution in [0.1, 0.15) is 19.8 Å². The average Bonchev–Trinajstić information content (AvgIpc) is 2.41. The molecular weight excluding hydrogens is 316 g/mol. The van der Waals surface area contributed by atoms with Crippen LogP contribution in [0.4, 0.5) is 5.95 Å². The molecule has 0 aliphatic heterocycles. The Kier molecular flexibility index (Phi) is 6.49. The van der Waals surface area contributed by atoms with Gasteiger partial charge in [-0.15, -0.1) is 0 Å². The minimum atomic E-state index is -3.71. The molecule has 0 fully saturated rings. The fourth-order valence-electron chi connectivity index (χ4n) is 1.41. The van der Waals surface area contributed by atoms with Crippen molar-refractivity contribution in [3.63, 3.8) is 0 Å². The van der Waals surface area contributed by atoms with Crippen LogP contribution >= 0.6 is 0 Å². The molecule has 0 atom stereocenters. The van der Waals surface area contributed by atoms with E-state index >= 15 is 0 Å². The van der Waals surface area contributed by atoms with E-state index in [1.165, 1.54) is 12.4 Å². The zero-order chi connectivity index (χ0) is 15.9. The summed E-state index contributed by atoms with van der Waals surface area (Å²) in [5, 5.41) is 2.94. The Hall–Kier alpha value is -1.26. The molecule has 1 rings (SSSR count). The van der Waals surface area contributed by atoms with Gasteiger partial charge in [-0.05, 0) is 12.8 Å². The molecule has 0 radical (unpaired) electrons. The molecule has 0 spiro atoms. The number of sulfonamides is 1. The second-order valence-corrected chi connectivity index (χ2v) is 8.58. The predicted molar refractivity (Wildman–Crippen MR) is 80.3 cm³/mol. The number of nitrogens with zero attached hydrogens (tertiary/aromatic N) is 2. The van der Waals surface area contributed by atoms with Gasteiger partial charge >= 0.3 is 0 Å². The highest BCUT2D eigenvalue weighted by molar-refractivity contribution is 7.90. The number of sulfone groups is 1. The van der Waals surface area contributed by atoms with Gasteiger partial charge in [0.25, 0.3) is 0 Å². The van der Waals surface area contributed by atoms with Gasteiger partial charge in [0.2, 0.25) is 16.0 Å². The largest absolute Gasteiger partial charge is 0.354 e. The van der Waals surface area contributed by atoms with E-state index in [0.717, 1.165) is 12.7 Å². The molecule has 8 nitrogen and oxygen atoms in total. The summed E-state index contributed by atoms with van der Waals surface area (Å²) in [7, 11) is -6.80. The summed E-state index contributed by atoms with van der Waals surface area (Å²) in [6, 6.07) is 0. The standard InChI is InChI=1S/C11H20N4O4S2/c1-3-5-12-11-13-8-10(9-14-11)21(18,19)15-6-4-7-20(2,16)17/h8-9,15H,3-7H2,1-2H3,(H,12,13,14). The fraction of sp³-hybridized carbons (Fsp3) is 0.636. The van der Waals surface area contributed by atoms with Crippen molar-refractivity contribution >= 4 is 25.8 Å². The highest BCUT2D eigenvalue weighted by atomic mass is 32.2. The van der Waals surface area contributed by atoms with Gasteiger partial charge in [-0.25, -0.2) is 31.5 Å². The number of hydrogen-bond donors (Lipinski definition) is 2. The van der Waals surface area contributed by atoms with Crippen molar-refractivity contribution in [1.82, 2.24) is 14.7 Å². The average molecular weight is 336 g/mol. The Labute approximate surface area is 125 Å². The molecule has 1 aromatic heterocycles. The van der Waals surface area contributed by atoms with Crippen LogP contribution in [0.5, 0.6) is 0 Å². The van der Waals surface area contributed by atoms with Gasteiger partial charge in [0.15, 0.2) is 0 Å². The molecule has 0 saturated carbocycles. The Balaban J connectivity index is 2.57. The van der Waals surface area contributed by atoms with E-state index in [-0.39, 0.29) is 23.6 Å². The van der Waals surface area contributed by atoms with E-state index in [1.54, 1.807) is 0 Å². The normalized spacial score (nSPS) is 12.3. The van der Waals surface area contributed by atoms with Crippen LogP contribution in [0, 0.1) is 0 Å². The Morgan fingerprint density at radius 1 is 1.10 bits per heavy atom. The summed E-state index contributed by atoms with van der Waals surface area (Å²) in [6.07, 6.45) is 4.66. The molecule has 0 aliphatic carbocycles. The Bertz CT molecular complexity index is 641. The van der Waals surface area contributed by atoms with Gasteiger partial charge < -0.3 is 5.32 Å². The molecule has 10 heteroatoms. The molecule has 0 amide bonds. The molecule has 0 saturated heterocycles. The van der Waals surface area contributed by atoms with Gasteiger partial charge in [0.1, 0.15) is 14.7 Å². The summed E-state index contributed by atoms with van der Waals surface area (Å²) in [4.78, 5) is 7.77. The minimum Gasteiger partial charge on any atom is -0.354 e. The molecule has 0 bridgehead atoms. The summed E-state index contributed by atoms with van der Waals surface area (Å²) in [5.74, 6) is 0.305. The van der Waals surface area contributed by atoms with Crippen molar-refractivity contribution in [2.75, 3.05) is 30.4 Å². The summed E-state index contributed by atoms with van der Waals surface area (Å²) in [5.41, 5.74) is 0. The van der Waals surface area contributed by atoms with E-state index in [9.17, 15) is 16.8 Å². The van der Waals surface area contributed by atoms with Crippen LogP contribution in [0.15, 0.2) is 17.3 Å². The first-order valence-electron chi connectivity index (χ1n) is 6.48. The maximum absolute atomic E-state index is 11.9. The fourth-order valence-corrected chi connectivity index (χ4v) is 3.04. The molecule has 0 aliphatic rings. The maximum atomic E-state index is 11.9. The molecule has 1 heterocycles. The van der Waals surface area contributed by atoms with Crippen LogP contribution < -0.4 is 10.0 Å². The minimum absolute atomic E-state index is 0.0469. The van der Waals surface area contributed by atoms with Gasteiger partial charge in [0, 0.05) is 19.3 Å². The monoisotopic (exact) mass is 336 g/mol. The van der Waals surface area contributed by atoms with Crippen LogP contribution in [0.2, 0.25) is 0 Å². The Morgan fingerprint density at radius 2 is 1.71 bits per heavy atom. The van der Waals surface area contributed by atoms with Crippen LogP contribution in [-0.2, 0) is 19.9 Å². The second-order valence-electron chi connectivity index (χ2n) is 4.55. The lowest BCUT2D eigenvalue weighted by molar-refractivity contribution is 0.576. The first-order chi connectivity index (χ1) is 9.74. The number of aromatic nitrogens is 2. The highest BCUT2D eigenvalue weighted by Crippen LogP contribution is 2.07. The smallest absolute Gasteiger partial charge is 0.243 e. The van der Waals surface area contributed by atoms with Gasteiger partial charge in [-0.1, -0.05) is 6.92 Å². The second kappa shape index (κ2) is 7.66. The lowest BCUT2D eigenvalue weighted by Gasteiger charge is -2.07. The Morgan fingerprint density at radius 3 is 2.24 bits per heavy atom. The number of anilines is 1. The van der Waals surface area contributed by atoms with Crippen LogP contribution in [0.25, 0.3) is 0 Å². The third-order valence-corrected chi connectivity index (χ3v) is 4.90. The molecule has 2 N–H and O–H groups in total. The summed E-state index contributed by atoms with van der Waals surface area (Å²) < 4.78 is 48.1. The van der Waals surface area contributed by atoms with Crippen molar-refractivity contribution in [2.45, 2.75) is 24.7 Å². The maximum Gasteiger partial charge on any atom is 0.243 e. The van der Waals surface area contributed by atoms with Gasteiger partial charge in [0.05, 0.1) is 18.1 Å². The summed E-state index contributed by atoms with van der Waals surface area (Å²) in [6.45, 7) is 2.74. The van der Waals surface area contributed by atoms with Gasteiger partial charge in [-0.2, -0.15) is 0 Å². The number of rotatable bonds is 9. The van der Waals surface area contributed by atoms with Crippen molar-refractivity contribution < 1.29 is 16.8 Å². The van der Waals surface area contributed by atoms with Crippen molar-refractivity contribution in [2.24, 2.45) is 0 Å². The third-order valence-electron chi connectivity index (χ3n) is 2.46. The predicted octanol–water partition coefficient (Wildman–Crippen LogP) is 0.0115. The van der Waals surface area contributed by atoms with Crippen molar-refractivity contribution in [1.29, 1.82) is 0 Å². The molecule has 120 valence electrons. The third kappa shape index (κ3) is 6.82. The number of hydrogen-bond acceptors (Lipinski definition) is 7. The van der Waals surface area contributed by atoms with Crippen molar-refractivity contribution in [3.05, 3.63) is 12.4 Å². The van der Waals surface area contributed by atoms with E-state index in [4.69, 9.17) is 0 Å². The van der Waals surface area contributed by atoms with E-state index in [2.05, 4.69) is 20.0 Å². The van der Waals surface area contributed by atoms with Crippen LogP contribution in [-0.4, -0.2) is 51.9 Å². The SMILES string of the molecule is CCCNc1ncc(S(=O)(=O)NCCCS(C)(=O)=O)cn1. The topological polar surface area (TPSA) is 118 Å². The summed E-state index contributed by atoms with van der Waals surface area (Å²) >= 11 is 0. The van der Waals surface area contributed by atoms with Crippen molar-refractivity contribution in [3.8, 4) is 0 Å². The first-order valence-corrected chi connectivity index (χ1v) is 10.0. The zero-order valence-corrected chi connectivity index (χ0v) is 13.7.